The zero-order valence-corrected chi connectivity index (χ0v) is 38.3. The summed E-state index contributed by atoms with van der Waals surface area (Å²) in [6.45, 7) is -0.0643. The number of carbonyl (C=O) groups excluding carboxylic acids is 1. The molecule has 0 bridgehead atoms. The summed E-state index contributed by atoms with van der Waals surface area (Å²) in [4.78, 5) is 23.1. The fraction of sp³-hybridized carbons (Fsp3) is 0.184. The van der Waals surface area contributed by atoms with Gasteiger partial charge >= 0.3 is 55.2 Å². The number of pyridine rings is 1. The first-order valence-corrected chi connectivity index (χ1v) is 21.4. The molecule has 420 valence electrons. The maximum absolute atomic E-state index is 14.2. The van der Waals surface area contributed by atoms with Gasteiger partial charge in [-0.15, -0.1) is 4.57 Å². The number of rotatable bonds is 8. The molecule has 79 heavy (non-hydrogen) atoms. The van der Waals surface area contributed by atoms with Crippen molar-refractivity contribution in [3.05, 3.63) is 200 Å². The van der Waals surface area contributed by atoms with Gasteiger partial charge in [0.2, 0.25) is 12.3 Å². The molecule has 5 nitrogen and oxygen atoms in total. The molecule has 30 heteroatoms. The van der Waals surface area contributed by atoms with Gasteiger partial charge in [0.1, 0.15) is 11.1 Å². The lowest BCUT2D eigenvalue weighted by atomic mass is 9.12. The average Bonchev–Trinajstić information content (AvgIpc) is 3.32. The second kappa shape index (κ2) is 20.8. The Balaban J connectivity index is 0.000000378. The van der Waals surface area contributed by atoms with E-state index in [1.165, 1.54) is 10.6 Å². The van der Waals surface area contributed by atoms with Crippen molar-refractivity contribution in [3.8, 4) is 0 Å². The summed E-state index contributed by atoms with van der Waals surface area (Å²) in [7, 11) is 0. The molecule has 0 fully saturated rings. The average molecular weight is 1160 g/mol. The molecule has 0 unspecified atom stereocenters. The van der Waals surface area contributed by atoms with Gasteiger partial charge in [-0.3, -0.25) is 14.9 Å². The number of ketones is 1. The summed E-state index contributed by atoms with van der Waals surface area (Å²) >= 11 is 0. The van der Waals surface area contributed by atoms with E-state index in [9.17, 15) is 120 Å². The van der Waals surface area contributed by atoms with Crippen molar-refractivity contribution in [2.24, 2.45) is 0 Å². The fourth-order valence-corrected chi connectivity index (χ4v) is 8.44. The molecular weight excluding hydrogens is 1130 g/mol. The van der Waals surface area contributed by atoms with Gasteiger partial charge in [0, 0.05) is 16.3 Å². The number of Topliss-reactive ketones (excluding diaryl/α,β-unsaturated/α-hetero) is 1. The lowest BCUT2D eigenvalue weighted by Crippen LogP contribution is -2.75. The third-order valence-electron chi connectivity index (χ3n) is 11.9. The Morgan fingerprint density at radius 1 is 0.380 bits per heavy atom. The molecule has 0 saturated heterocycles. The highest BCUT2D eigenvalue weighted by molar-refractivity contribution is 7.20. The summed E-state index contributed by atoms with van der Waals surface area (Å²) < 4.78 is 342. The highest BCUT2D eigenvalue weighted by Gasteiger charge is 2.47. The summed E-state index contributed by atoms with van der Waals surface area (Å²) in [5.74, 6) is -0.257. The second-order valence-electron chi connectivity index (χ2n) is 17.2. The third kappa shape index (κ3) is 13.5. The Kier molecular flexibility index (Phi) is 15.9. The molecule has 0 N–H and O–H groups in total. The van der Waals surface area contributed by atoms with Gasteiger partial charge in [0.05, 0.1) is 50.6 Å². The summed E-state index contributed by atoms with van der Waals surface area (Å²) in [6.07, 6.45) is -53.2. The molecule has 7 rings (SSSR count). The first kappa shape index (κ1) is 60.4. The topological polar surface area (TPSA) is 64.1 Å². The van der Waals surface area contributed by atoms with Crippen LogP contribution < -0.4 is 26.4 Å². The molecule has 7 aromatic rings. The van der Waals surface area contributed by atoms with Crippen LogP contribution in [0, 0.1) is 10.1 Å². The van der Waals surface area contributed by atoms with E-state index < -0.39 is 200 Å². The van der Waals surface area contributed by atoms with Gasteiger partial charge in [0.15, 0.2) is 6.20 Å². The minimum Gasteiger partial charge on any atom is -0.287 e. The number of aromatic nitrogens is 1. The number of nitro groups is 1. The highest BCUT2D eigenvalue weighted by atomic mass is 19.4. The van der Waals surface area contributed by atoms with Crippen molar-refractivity contribution >= 4 is 50.4 Å². The second-order valence-corrected chi connectivity index (χ2v) is 17.2. The van der Waals surface area contributed by atoms with Crippen LogP contribution in [0.5, 0.6) is 0 Å². The SMILES string of the molecule is FC(F)(F)c1cc([B-](c2cc(C(F)(F)F)cc(C(F)(F)F)c2)(c2cc(C(F)(F)F)cc(C(F)(F)F)c2)c2cc(C(F)(F)F)cc(C(F)(F)F)c2)cc(C(F)(F)F)c1.O=C(C[n+]1cc2ccccc2cc1[N+](=O)[O-])c1ccccc1. The predicted octanol–water partition coefficient (Wildman–Crippen LogP) is 14.1. The van der Waals surface area contributed by atoms with E-state index in [1.807, 2.05) is 30.3 Å². The van der Waals surface area contributed by atoms with E-state index in [0.717, 1.165) is 10.8 Å². The molecular formula is C49H25BF24N2O3. The number of carbonyl (C=O) groups is 1. The zero-order valence-electron chi connectivity index (χ0n) is 38.3. The number of fused-ring (bicyclic) bond motifs is 1. The standard InChI is InChI=1S/C32H12BF24.C17H13N2O3/c34-25(35,36)13-1-14(26(37,38)39)6-21(5-13)33(22-7-15(27(40,41)42)2-16(8-22)28(43,44)45,23-9-17(29(46,47)48)3-18(10-23)30(49,50)51)24-11-19(31(52,53)54)4-20(12-24)32(55,56)57;20-16(13-6-2-1-3-7-13)12-18-11-15-9-5-4-8-14(15)10-17(18)19(21)22/h1-12H;1-11H,12H2/q-1;+1. The minimum absolute atomic E-state index is 0.0643. The van der Waals surface area contributed by atoms with Crippen molar-refractivity contribution in [2.45, 2.75) is 56.0 Å². The van der Waals surface area contributed by atoms with Crippen LogP contribution in [0.15, 0.2) is 140 Å². The summed E-state index contributed by atoms with van der Waals surface area (Å²) in [6, 6.07) is 8.81. The van der Waals surface area contributed by atoms with Crippen LogP contribution in [0.25, 0.3) is 10.8 Å². The van der Waals surface area contributed by atoms with Crippen LogP contribution in [0.3, 0.4) is 0 Å². The van der Waals surface area contributed by atoms with Crippen molar-refractivity contribution in [2.75, 3.05) is 0 Å². The third-order valence-corrected chi connectivity index (χ3v) is 11.9. The summed E-state index contributed by atoms with van der Waals surface area (Å²) in [5, 5.41) is 12.9. The first-order chi connectivity index (χ1) is 35.9. The van der Waals surface area contributed by atoms with Gasteiger partial charge in [0.25, 0.3) is 0 Å². The van der Waals surface area contributed by atoms with E-state index in [1.54, 1.807) is 30.5 Å². The first-order valence-electron chi connectivity index (χ1n) is 21.4. The van der Waals surface area contributed by atoms with Crippen molar-refractivity contribution in [3.63, 3.8) is 0 Å². The maximum atomic E-state index is 14.2. The van der Waals surface area contributed by atoms with Crippen molar-refractivity contribution < 1.29 is 120 Å². The van der Waals surface area contributed by atoms with E-state index in [0.29, 0.717) is 5.56 Å². The van der Waals surface area contributed by atoms with Crippen LogP contribution >= 0.6 is 0 Å². The van der Waals surface area contributed by atoms with Crippen molar-refractivity contribution in [1.82, 2.24) is 0 Å². The lowest BCUT2D eigenvalue weighted by molar-refractivity contribution is -0.724. The van der Waals surface area contributed by atoms with E-state index in [2.05, 4.69) is 0 Å². The van der Waals surface area contributed by atoms with Crippen LogP contribution in [0.2, 0.25) is 0 Å². The molecule has 1 heterocycles. The van der Waals surface area contributed by atoms with Gasteiger partial charge in [-0.2, -0.15) is 127 Å². The molecule has 1 aromatic heterocycles. The monoisotopic (exact) mass is 1160 g/mol. The number of nitrogens with zero attached hydrogens (tertiary/aromatic N) is 2. The molecule has 0 aliphatic carbocycles. The molecule has 0 saturated carbocycles. The number of hydrogen-bond donors (Lipinski definition) is 0. The van der Waals surface area contributed by atoms with Gasteiger partial charge in [-0.25, -0.2) is 0 Å². The van der Waals surface area contributed by atoms with E-state index in [4.69, 9.17) is 0 Å². The predicted molar refractivity (Wildman–Crippen MR) is 232 cm³/mol. The fourth-order valence-electron chi connectivity index (χ4n) is 8.44. The smallest absolute Gasteiger partial charge is 0.287 e. The molecule has 6 aromatic carbocycles. The van der Waals surface area contributed by atoms with Crippen LogP contribution in [0.4, 0.5) is 111 Å². The van der Waals surface area contributed by atoms with Gasteiger partial charge in [-0.05, 0) is 30.3 Å². The largest absolute Gasteiger partial charge is 0.502 e. The number of hydrogen-bond acceptors (Lipinski definition) is 3. The maximum Gasteiger partial charge on any atom is 0.502 e. The molecule has 0 amide bonds. The Labute approximate surface area is 425 Å². The lowest BCUT2D eigenvalue weighted by Gasteiger charge is -2.46. The van der Waals surface area contributed by atoms with Crippen LogP contribution in [-0.4, -0.2) is 16.9 Å². The Morgan fingerprint density at radius 3 is 0.886 bits per heavy atom. The molecule has 0 spiro atoms. The zero-order chi connectivity index (χ0) is 59.4. The number of halogens is 24. The number of alkyl halides is 24. The van der Waals surface area contributed by atoms with Gasteiger partial charge < -0.3 is 0 Å². The number of benzene rings is 6. The van der Waals surface area contributed by atoms with Gasteiger partial charge in [-0.1, -0.05) is 97.1 Å². The quantitative estimate of drug-likeness (QED) is 0.0380. The highest BCUT2D eigenvalue weighted by Crippen LogP contribution is 2.41. The molecule has 0 radical (unpaired) electrons. The molecule has 0 aliphatic rings. The van der Waals surface area contributed by atoms with Crippen LogP contribution in [-0.2, 0) is 56.0 Å². The molecule has 0 aliphatic heterocycles. The Hall–Kier alpha value is -7.82. The van der Waals surface area contributed by atoms with Crippen LogP contribution in [0.1, 0.15) is 54.9 Å². The van der Waals surface area contributed by atoms with E-state index >= 15 is 0 Å². The summed E-state index contributed by atoms with van der Waals surface area (Å²) in [5.41, 5.74) is -29.7. The van der Waals surface area contributed by atoms with Crippen molar-refractivity contribution in [1.29, 1.82) is 0 Å². The minimum atomic E-state index is -6.13. The Bertz CT molecular complexity index is 2990. The normalized spacial score (nSPS) is 13.3. The van der Waals surface area contributed by atoms with E-state index in [-0.39, 0.29) is 18.1 Å². The molecule has 0 atom stereocenters. The Morgan fingerprint density at radius 2 is 0.633 bits per heavy atom.